The maximum absolute atomic E-state index is 13.9. The van der Waals surface area contributed by atoms with Crippen molar-refractivity contribution in [2.24, 2.45) is 0 Å². The van der Waals surface area contributed by atoms with Gasteiger partial charge >= 0.3 is 5.97 Å². The van der Waals surface area contributed by atoms with Gasteiger partial charge in [0.25, 0.3) is 5.56 Å². The number of ether oxygens (including phenoxy) is 2. The van der Waals surface area contributed by atoms with E-state index >= 15 is 0 Å². The van der Waals surface area contributed by atoms with Gasteiger partial charge in [0, 0.05) is 16.7 Å². The van der Waals surface area contributed by atoms with Crippen molar-refractivity contribution in [2.45, 2.75) is 13.5 Å². The van der Waals surface area contributed by atoms with Gasteiger partial charge < -0.3 is 14.5 Å². The zero-order chi connectivity index (χ0) is 21.1. The van der Waals surface area contributed by atoms with Crippen molar-refractivity contribution in [2.75, 3.05) is 0 Å². The maximum atomic E-state index is 13.9. The predicted octanol–water partition coefficient (Wildman–Crippen LogP) is 5.18. The largest absolute Gasteiger partial charge is 0.483 e. The molecule has 1 N–H and O–H groups in total. The van der Waals surface area contributed by atoms with Crippen molar-refractivity contribution in [3.05, 3.63) is 90.8 Å². The summed E-state index contributed by atoms with van der Waals surface area (Å²) in [6.45, 7) is 1.19. The van der Waals surface area contributed by atoms with Crippen LogP contribution in [0.4, 0.5) is 8.78 Å². The number of carbonyl (C=O) groups is 1. The van der Waals surface area contributed by atoms with Gasteiger partial charge in [0.2, 0.25) is 0 Å². The van der Waals surface area contributed by atoms with Crippen molar-refractivity contribution in [1.82, 2.24) is 4.98 Å². The van der Waals surface area contributed by atoms with E-state index in [1.165, 1.54) is 25.1 Å². The lowest BCUT2D eigenvalue weighted by atomic mass is 10.2. The molecule has 0 fully saturated rings. The molecule has 1 aromatic heterocycles. The number of hydrogen-bond acceptors (Lipinski definition) is 4. The van der Waals surface area contributed by atoms with E-state index in [1.807, 2.05) is 0 Å². The number of esters is 1. The number of carbonyl (C=O) groups excluding carboxylic acids is 1. The fraction of sp³-hybridized carbons (Fsp3) is 0.100. The van der Waals surface area contributed by atoms with Crippen molar-refractivity contribution in [1.29, 1.82) is 0 Å². The number of rotatable bonds is 5. The summed E-state index contributed by atoms with van der Waals surface area (Å²) in [4.78, 5) is 27.1. The molecule has 9 heteroatoms. The van der Waals surface area contributed by atoms with Crippen LogP contribution < -0.4 is 15.0 Å². The number of aromatic nitrogens is 1. The summed E-state index contributed by atoms with van der Waals surface area (Å²) in [5, 5.41) is 0.349. The van der Waals surface area contributed by atoms with E-state index in [4.69, 9.17) is 21.1 Å². The van der Waals surface area contributed by atoms with E-state index in [0.29, 0.717) is 5.02 Å². The number of aryl methyl sites for hydroxylation is 1. The van der Waals surface area contributed by atoms with Crippen LogP contribution in [0.1, 0.15) is 21.6 Å². The van der Waals surface area contributed by atoms with Crippen LogP contribution >= 0.6 is 27.5 Å². The van der Waals surface area contributed by atoms with Gasteiger partial charge in [0.05, 0.1) is 11.3 Å². The summed E-state index contributed by atoms with van der Waals surface area (Å²) in [6, 6.07) is 9.15. The van der Waals surface area contributed by atoms with Crippen LogP contribution in [0.5, 0.6) is 11.5 Å². The van der Waals surface area contributed by atoms with Gasteiger partial charge in [-0.25, -0.2) is 13.6 Å². The third-order valence-electron chi connectivity index (χ3n) is 3.89. The van der Waals surface area contributed by atoms with Crippen LogP contribution in [-0.4, -0.2) is 11.0 Å². The molecule has 5 nitrogen and oxygen atoms in total. The number of aromatic amines is 1. The molecule has 0 bridgehead atoms. The van der Waals surface area contributed by atoms with Gasteiger partial charge in [-0.3, -0.25) is 4.79 Å². The lowest BCUT2D eigenvalue weighted by Crippen LogP contribution is -2.16. The summed E-state index contributed by atoms with van der Waals surface area (Å²) in [5.41, 5.74) is -0.0547. The van der Waals surface area contributed by atoms with Crippen LogP contribution in [0, 0.1) is 18.6 Å². The number of nitrogens with one attached hydrogen (secondary N) is 1. The highest BCUT2D eigenvalue weighted by atomic mass is 79.9. The van der Waals surface area contributed by atoms with E-state index in [-0.39, 0.29) is 39.4 Å². The summed E-state index contributed by atoms with van der Waals surface area (Å²) < 4.78 is 37.9. The highest BCUT2D eigenvalue weighted by molar-refractivity contribution is 9.10. The number of halogens is 4. The molecule has 0 radical (unpaired) electrons. The Hall–Kier alpha value is -2.71. The van der Waals surface area contributed by atoms with Gasteiger partial charge in [-0.05, 0) is 53.2 Å². The summed E-state index contributed by atoms with van der Waals surface area (Å²) in [6.07, 6.45) is 0. The van der Waals surface area contributed by atoms with Crippen molar-refractivity contribution in [3.8, 4) is 11.5 Å². The molecule has 3 aromatic rings. The molecule has 150 valence electrons. The first-order valence-electron chi connectivity index (χ1n) is 8.23. The Balaban J connectivity index is 1.93. The van der Waals surface area contributed by atoms with E-state index in [9.17, 15) is 18.4 Å². The molecule has 0 amide bonds. The van der Waals surface area contributed by atoms with Crippen LogP contribution in [0.2, 0.25) is 5.02 Å². The average Bonchev–Trinajstić information content (AvgIpc) is 2.67. The van der Waals surface area contributed by atoms with E-state index in [2.05, 4.69) is 20.9 Å². The first-order valence-corrected chi connectivity index (χ1v) is 9.40. The number of H-pyrrole nitrogens is 1. The Kier molecular flexibility index (Phi) is 6.34. The minimum atomic E-state index is -0.805. The van der Waals surface area contributed by atoms with Crippen molar-refractivity contribution >= 4 is 33.5 Å². The highest BCUT2D eigenvalue weighted by Crippen LogP contribution is 2.36. The number of hydrogen-bond donors (Lipinski definition) is 1. The molecule has 0 atom stereocenters. The topological polar surface area (TPSA) is 68.4 Å². The maximum Gasteiger partial charge on any atom is 0.343 e. The zero-order valence-corrected chi connectivity index (χ0v) is 17.2. The first kappa shape index (κ1) is 21.0. The lowest BCUT2D eigenvalue weighted by Gasteiger charge is -2.15. The fourth-order valence-corrected chi connectivity index (χ4v) is 3.05. The molecule has 1 heterocycles. The standard InChI is InChI=1S/C20H13BrClF2NO4/c1-10-17(29-20(27)11-3-2-4-13(22)7-11)18(16(21)19(26)25-10)28-9-12-5-6-14(23)8-15(12)24/h2-8H,9H2,1H3,(H,25,26). The van der Waals surface area contributed by atoms with Gasteiger partial charge in [-0.15, -0.1) is 0 Å². The number of pyridine rings is 1. The second kappa shape index (κ2) is 8.75. The third kappa shape index (κ3) is 4.83. The molecule has 0 spiro atoms. The van der Waals surface area contributed by atoms with Crippen LogP contribution in [0.3, 0.4) is 0 Å². The molecule has 0 unspecified atom stereocenters. The van der Waals surface area contributed by atoms with Gasteiger partial charge in [0.1, 0.15) is 22.7 Å². The normalized spacial score (nSPS) is 10.7. The quantitative estimate of drug-likeness (QED) is 0.507. The van der Waals surface area contributed by atoms with E-state index < -0.39 is 23.2 Å². The van der Waals surface area contributed by atoms with Crippen LogP contribution in [0.25, 0.3) is 0 Å². The minimum absolute atomic E-state index is 0.0421. The molecule has 0 saturated carbocycles. The second-order valence-corrected chi connectivity index (χ2v) is 7.21. The molecule has 2 aromatic carbocycles. The van der Waals surface area contributed by atoms with Gasteiger partial charge in [0.15, 0.2) is 11.5 Å². The highest BCUT2D eigenvalue weighted by Gasteiger charge is 2.21. The third-order valence-corrected chi connectivity index (χ3v) is 4.84. The zero-order valence-electron chi connectivity index (χ0n) is 14.9. The molecular formula is C20H13BrClF2NO4. The molecule has 0 saturated heterocycles. The Bertz CT molecular complexity index is 1150. The molecule has 3 rings (SSSR count). The first-order chi connectivity index (χ1) is 13.8. The molecule has 29 heavy (non-hydrogen) atoms. The summed E-state index contributed by atoms with van der Waals surface area (Å²) in [5.74, 6) is -2.41. The van der Waals surface area contributed by atoms with Crippen LogP contribution in [0.15, 0.2) is 51.7 Å². The van der Waals surface area contributed by atoms with Crippen molar-refractivity contribution < 1.29 is 23.0 Å². The Morgan fingerprint density at radius 3 is 2.62 bits per heavy atom. The fourth-order valence-electron chi connectivity index (χ4n) is 2.46. The molecule has 0 aliphatic carbocycles. The Morgan fingerprint density at radius 2 is 1.93 bits per heavy atom. The van der Waals surface area contributed by atoms with Crippen LogP contribution in [-0.2, 0) is 6.61 Å². The van der Waals surface area contributed by atoms with Gasteiger partial charge in [-0.1, -0.05) is 17.7 Å². The average molecular weight is 485 g/mol. The molecule has 0 aliphatic rings. The Labute approximate surface area is 177 Å². The van der Waals surface area contributed by atoms with E-state index in [1.54, 1.807) is 12.1 Å². The minimum Gasteiger partial charge on any atom is -0.483 e. The number of benzene rings is 2. The summed E-state index contributed by atoms with van der Waals surface area (Å²) >= 11 is 8.99. The van der Waals surface area contributed by atoms with Crippen molar-refractivity contribution in [3.63, 3.8) is 0 Å². The van der Waals surface area contributed by atoms with E-state index in [0.717, 1.165) is 12.1 Å². The lowest BCUT2D eigenvalue weighted by molar-refractivity contribution is 0.0724. The molecule has 0 aliphatic heterocycles. The smallest absolute Gasteiger partial charge is 0.343 e. The second-order valence-electron chi connectivity index (χ2n) is 5.98. The SMILES string of the molecule is Cc1[nH]c(=O)c(Br)c(OCc2ccc(F)cc2F)c1OC(=O)c1cccc(Cl)c1. The molecular weight excluding hydrogens is 472 g/mol. The Morgan fingerprint density at radius 1 is 1.17 bits per heavy atom. The monoisotopic (exact) mass is 483 g/mol. The van der Waals surface area contributed by atoms with Gasteiger partial charge in [-0.2, -0.15) is 0 Å². The summed E-state index contributed by atoms with van der Waals surface area (Å²) in [7, 11) is 0. The predicted molar refractivity (Wildman–Crippen MR) is 107 cm³/mol.